The lowest BCUT2D eigenvalue weighted by Gasteiger charge is -2.20. The molecule has 1 aromatic rings. The highest BCUT2D eigenvalue weighted by atomic mass is 16.3. The Morgan fingerprint density at radius 2 is 1.00 bits per heavy atom. The molecule has 11 heteroatoms. The topological polar surface area (TPSA) is 167 Å². The van der Waals surface area contributed by atoms with Crippen LogP contribution in [-0.2, 0) is 19.6 Å². The second-order valence-corrected chi connectivity index (χ2v) is 6.03. The highest BCUT2D eigenvalue weighted by Crippen LogP contribution is 2.10. The third-order valence-corrected chi connectivity index (χ3v) is 3.63. The van der Waals surface area contributed by atoms with Crippen molar-refractivity contribution < 1.29 is 25.5 Å². The molecule has 1 rings (SSSR count). The minimum atomic E-state index is -0.805. The van der Waals surface area contributed by atoms with Gasteiger partial charge in [-0.1, -0.05) is 13.8 Å². The van der Waals surface area contributed by atoms with Crippen LogP contribution in [0.2, 0.25) is 0 Å². The SMILES string of the molecule is CC(CO)(CO)CO.CCCn1c(=O)n(CCO)c(=O)n(CCO)c1=O. The monoisotopic (exact) mass is 379 g/mol. The second-order valence-electron chi connectivity index (χ2n) is 6.03. The maximum absolute atomic E-state index is 11.9. The van der Waals surface area contributed by atoms with Crippen LogP contribution in [0.15, 0.2) is 14.4 Å². The van der Waals surface area contributed by atoms with Gasteiger partial charge < -0.3 is 25.5 Å². The number of aromatic nitrogens is 3. The third kappa shape index (κ3) is 6.18. The van der Waals surface area contributed by atoms with Gasteiger partial charge in [-0.25, -0.2) is 28.1 Å². The summed E-state index contributed by atoms with van der Waals surface area (Å²) >= 11 is 0. The lowest BCUT2D eigenvalue weighted by molar-refractivity contribution is 0.0200. The Hall–Kier alpha value is -1.79. The fourth-order valence-electron chi connectivity index (χ4n) is 1.83. The summed E-state index contributed by atoms with van der Waals surface area (Å²) in [4.78, 5) is 35.6. The van der Waals surface area contributed by atoms with Crippen molar-refractivity contribution in [2.45, 2.75) is 39.9 Å². The Kier molecular flexibility index (Phi) is 10.9. The standard InChI is InChI=1S/C10H17N3O5.C5H12O3/c1-2-3-11-8(16)12(4-6-14)10(18)13(5-7-15)9(11)17;1-5(2-6,3-7)4-8/h14-15H,2-7H2,1H3;6-8H,2-4H2,1H3. The Balaban J connectivity index is 0.000000660. The van der Waals surface area contributed by atoms with Gasteiger partial charge in [-0.15, -0.1) is 0 Å². The van der Waals surface area contributed by atoms with Gasteiger partial charge in [0.05, 0.1) is 46.1 Å². The van der Waals surface area contributed by atoms with E-state index in [1.807, 2.05) is 0 Å². The van der Waals surface area contributed by atoms with Crippen LogP contribution in [0.4, 0.5) is 0 Å². The van der Waals surface area contributed by atoms with E-state index in [0.717, 1.165) is 13.7 Å². The van der Waals surface area contributed by atoms with E-state index < -0.39 is 22.5 Å². The number of aliphatic hydroxyl groups is 5. The Morgan fingerprint density at radius 3 is 1.19 bits per heavy atom. The van der Waals surface area contributed by atoms with E-state index in [0.29, 0.717) is 6.42 Å². The van der Waals surface area contributed by atoms with E-state index in [1.165, 1.54) is 0 Å². The predicted octanol–water partition coefficient (Wildman–Crippen LogP) is -3.46. The molecule has 26 heavy (non-hydrogen) atoms. The van der Waals surface area contributed by atoms with Gasteiger partial charge in [-0.2, -0.15) is 0 Å². The summed E-state index contributed by atoms with van der Waals surface area (Å²) in [5.74, 6) is 0. The van der Waals surface area contributed by atoms with Crippen molar-refractivity contribution in [3.63, 3.8) is 0 Å². The first-order valence-corrected chi connectivity index (χ1v) is 8.25. The lowest BCUT2D eigenvalue weighted by Crippen LogP contribution is -2.55. The first-order valence-electron chi connectivity index (χ1n) is 8.25. The van der Waals surface area contributed by atoms with Gasteiger partial charge >= 0.3 is 17.1 Å². The number of nitrogens with zero attached hydrogens (tertiary/aromatic N) is 3. The maximum Gasteiger partial charge on any atom is 0.336 e. The van der Waals surface area contributed by atoms with Crippen LogP contribution in [0.25, 0.3) is 0 Å². The summed E-state index contributed by atoms with van der Waals surface area (Å²) in [7, 11) is 0. The molecule has 0 aliphatic rings. The zero-order valence-electron chi connectivity index (χ0n) is 15.2. The summed E-state index contributed by atoms with van der Waals surface area (Å²) in [6.45, 7) is 1.95. The zero-order valence-corrected chi connectivity index (χ0v) is 15.2. The molecule has 1 aromatic heterocycles. The number of aliphatic hydroxyl groups excluding tert-OH is 5. The smallest absolute Gasteiger partial charge is 0.336 e. The highest BCUT2D eigenvalue weighted by molar-refractivity contribution is 4.79. The molecule has 1 heterocycles. The van der Waals surface area contributed by atoms with Crippen molar-refractivity contribution in [2.75, 3.05) is 33.0 Å². The molecule has 5 N–H and O–H groups in total. The Bertz CT molecular complexity index is 583. The molecule has 11 nitrogen and oxygen atoms in total. The fraction of sp³-hybridized carbons (Fsp3) is 0.800. The molecule has 0 saturated carbocycles. The molecule has 0 unspecified atom stereocenters. The molecule has 0 spiro atoms. The third-order valence-electron chi connectivity index (χ3n) is 3.63. The predicted molar refractivity (Wildman–Crippen MR) is 93.0 cm³/mol. The molecular formula is C15H29N3O8. The number of hydrogen-bond acceptors (Lipinski definition) is 8. The average Bonchev–Trinajstić information content (AvgIpc) is 2.65. The van der Waals surface area contributed by atoms with Crippen LogP contribution in [0.1, 0.15) is 20.3 Å². The Labute approximate surface area is 150 Å². The van der Waals surface area contributed by atoms with Gasteiger partial charge in [0, 0.05) is 12.0 Å². The van der Waals surface area contributed by atoms with Gasteiger partial charge in [-0.3, -0.25) is 0 Å². The van der Waals surface area contributed by atoms with Crippen LogP contribution in [0.5, 0.6) is 0 Å². The molecule has 0 fully saturated rings. The summed E-state index contributed by atoms with van der Waals surface area (Å²) in [6.07, 6.45) is 0.561. The van der Waals surface area contributed by atoms with Crippen molar-refractivity contribution in [1.82, 2.24) is 13.7 Å². The molecule has 0 bridgehead atoms. The second kappa shape index (κ2) is 11.8. The first kappa shape index (κ1) is 24.2. The summed E-state index contributed by atoms with van der Waals surface area (Å²) in [6, 6.07) is 0. The quantitative estimate of drug-likeness (QED) is 0.295. The van der Waals surface area contributed by atoms with Crippen molar-refractivity contribution in [2.24, 2.45) is 5.41 Å². The minimum absolute atomic E-state index is 0.174. The largest absolute Gasteiger partial charge is 0.396 e. The van der Waals surface area contributed by atoms with E-state index in [9.17, 15) is 14.4 Å². The average molecular weight is 379 g/mol. The van der Waals surface area contributed by atoms with E-state index in [1.54, 1.807) is 13.8 Å². The van der Waals surface area contributed by atoms with Gasteiger partial charge in [0.25, 0.3) is 0 Å². The van der Waals surface area contributed by atoms with Crippen molar-refractivity contribution >= 4 is 0 Å². The molecule has 0 aliphatic heterocycles. The summed E-state index contributed by atoms with van der Waals surface area (Å²) in [5.41, 5.74) is -2.97. The zero-order chi connectivity index (χ0) is 20.3. The fourth-order valence-corrected chi connectivity index (χ4v) is 1.83. The molecule has 0 radical (unpaired) electrons. The maximum atomic E-state index is 11.9. The number of hydrogen-bond donors (Lipinski definition) is 5. The first-order chi connectivity index (χ1) is 12.3. The van der Waals surface area contributed by atoms with Crippen LogP contribution >= 0.6 is 0 Å². The van der Waals surface area contributed by atoms with Crippen LogP contribution in [-0.4, -0.2) is 72.3 Å². The van der Waals surface area contributed by atoms with E-state index in [2.05, 4.69) is 0 Å². The van der Waals surface area contributed by atoms with E-state index >= 15 is 0 Å². The van der Waals surface area contributed by atoms with Crippen LogP contribution in [0.3, 0.4) is 0 Å². The molecule has 152 valence electrons. The van der Waals surface area contributed by atoms with Gasteiger partial charge in [0.1, 0.15) is 0 Å². The summed E-state index contributed by atoms with van der Waals surface area (Å²) in [5, 5.41) is 43.1. The minimum Gasteiger partial charge on any atom is -0.396 e. The van der Waals surface area contributed by atoms with Gasteiger partial charge in [0.2, 0.25) is 0 Å². The molecule has 0 saturated heterocycles. The van der Waals surface area contributed by atoms with E-state index in [-0.39, 0.29) is 52.7 Å². The van der Waals surface area contributed by atoms with Crippen molar-refractivity contribution in [3.8, 4) is 0 Å². The van der Waals surface area contributed by atoms with Gasteiger partial charge in [0.15, 0.2) is 0 Å². The molecule has 0 aliphatic carbocycles. The molecular weight excluding hydrogens is 350 g/mol. The van der Waals surface area contributed by atoms with Crippen LogP contribution < -0.4 is 17.1 Å². The van der Waals surface area contributed by atoms with E-state index in [4.69, 9.17) is 25.5 Å². The Morgan fingerprint density at radius 1 is 0.692 bits per heavy atom. The molecule has 0 amide bonds. The van der Waals surface area contributed by atoms with Gasteiger partial charge in [-0.05, 0) is 6.42 Å². The van der Waals surface area contributed by atoms with Crippen molar-refractivity contribution in [1.29, 1.82) is 0 Å². The number of rotatable bonds is 9. The highest BCUT2D eigenvalue weighted by Gasteiger charge is 2.20. The summed E-state index contributed by atoms with van der Waals surface area (Å²) < 4.78 is 2.53. The van der Waals surface area contributed by atoms with Crippen molar-refractivity contribution in [3.05, 3.63) is 31.5 Å². The van der Waals surface area contributed by atoms with Crippen LogP contribution in [0, 0.1) is 5.41 Å². The molecule has 0 aromatic carbocycles. The normalized spacial score (nSPS) is 11.2. The lowest BCUT2D eigenvalue weighted by atomic mass is 9.95. The molecule has 0 atom stereocenters.